The van der Waals surface area contributed by atoms with Crippen LogP contribution in [0.15, 0.2) is 79.4 Å². The molecule has 0 fully saturated rings. The van der Waals surface area contributed by atoms with Crippen LogP contribution in [0, 0.1) is 0 Å². The summed E-state index contributed by atoms with van der Waals surface area (Å²) in [7, 11) is 0. The highest BCUT2D eigenvalue weighted by molar-refractivity contribution is 5.93. The van der Waals surface area contributed by atoms with Gasteiger partial charge in [-0.3, -0.25) is 4.98 Å². The van der Waals surface area contributed by atoms with Gasteiger partial charge in [0.05, 0.1) is 17.3 Å². The molecule has 1 aliphatic rings. The number of fused-ring (bicyclic) bond motifs is 7. The molecule has 0 N–H and O–H groups in total. The average molecular weight is 323 g/mol. The van der Waals surface area contributed by atoms with Crippen LogP contribution in [0.3, 0.4) is 0 Å². The Hall–Kier alpha value is -3.40. The van der Waals surface area contributed by atoms with Gasteiger partial charge in [0.15, 0.2) is 5.52 Å². The summed E-state index contributed by atoms with van der Waals surface area (Å²) in [6, 6.07) is 19.1. The quantitative estimate of drug-likeness (QED) is 0.425. The molecule has 5 heterocycles. The summed E-state index contributed by atoms with van der Waals surface area (Å²) in [4.78, 5) is 4.38. The second-order valence-electron chi connectivity index (χ2n) is 6.47. The second-order valence-corrected chi connectivity index (χ2v) is 6.47. The van der Waals surface area contributed by atoms with Crippen LogP contribution in [0.25, 0.3) is 33.6 Å². The zero-order valence-corrected chi connectivity index (χ0v) is 13.5. The van der Waals surface area contributed by atoms with Gasteiger partial charge in [-0.1, -0.05) is 24.3 Å². The lowest BCUT2D eigenvalue weighted by Crippen LogP contribution is -2.31. The van der Waals surface area contributed by atoms with E-state index in [0.717, 1.165) is 6.54 Å². The number of rotatable bonds is 1. The molecule has 0 bridgehead atoms. The summed E-state index contributed by atoms with van der Waals surface area (Å²) in [5.74, 6) is 1.21. The van der Waals surface area contributed by atoms with Crippen molar-refractivity contribution in [2.24, 2.45) is 0 Å². The van der Waals surface area contributed by atoms with Gasteiger partial charge in [0, 0.05) is 24.2 Å². The summed E-state index contributed by atoms with van der Waals surface area (Å²) < 4.78 is 6.98. The topological polar surface area (TPSA) is 26.1 Å². The molecule has 6 rings (SSSR count). The summed E-state index contributed by atoms with van der Waals surface area (Å²) in [6.07, 6.45) is 8.20. The minimum Gasteiger partial charge on any atom is -0.316 e. The first kappa shape index (κ1) is 13.0. The summed E-state index contributed by atoms with van der Waals surface area (Å²) in [5.41, 5.74) is 7.45. The molecule has 0 spiro atoms. The van der Waals surface area contributed by atoms with E-state index in [9.17, 15) is 0 Å². The molecule has 118 valence electrons. The molecule has 5 aromatic rings. The molecule has 0 saturated heterocycles. The maximum absolute atomic E-state index is 4.38. The summed E-state index contributed by atoms with van der Waals surface area (Å²) in [5, 5.41) is 0. The third kappa shape index (κ3) is 1.61. The predicted molar refractivity (Wildman–Crippen MR) is 96.8 cm³/mol. The molecular formula is C21H15N4+. The highest BCUT2D eigenvalue weighted by Gasteiger charge is 2.36. The first-order chi connectivity index (χ1) is 12.4. The maximum Gasteiger partial charge on any atom is 0.297 e. The number of pyridine rings is 2. The minimum atomic E-state index is 0.887. The number of benzene rings is 1. The molecule has 0 saturated carbocycles. The molecule has 1 aromatic carbocycles. The predicted octanol–water partition coefficient (Wildman–Crippen LogP) is 3.59. The SMILES string of the molecule is c1ccc(-n2c3[n+](c4c2cn2ccccc42)Cc2ccncc2-3)cc1. The van der Waals surface area contributed by atoms with Crippen LogP contribution in [0.4, 0.5) is 0 Å². The number of aromatic nitrogens is 4. The van der Waals surface area contributed by atoms with Crippen molar-refractivity contribution in [2.45, 2.75) is 6.54 Å². The summed E-state index contributed by atoms with van der Waals surface area (Å²) in [6.45, 7) is 0.887. The molecule has 4 aromatic heterocycles. The van der Waals surface area contributed by atoms with Crippen molar-refractivity contribution in [3.05, 3.63) is 84.9 Å². The Morgan fingerprint density at radius 2 is 1.80 bits per heavy atom. The smallest absolute Gasteiger partial charge is 0.297 e. The molecule has 25 heavy (non-hydrogen) atoms. The molecule has 1 aliphatic heterocycles. The Balaban J connectivity index is 1.83. The van der Waals surface area contributed by atoms with E-state index < -0.39 is 0 Å². The normalized spacial score (nSPS) is 12.6. The number of hydrogen-bond donors (Lipinski definition) is 0. The molecule has 0 aliphatic carbocycles. The number of para-hydroxylation sites is 1. The van der Waals surface area contributed by atoms with Crippen molar-refractivity contribution < 1.29 is 4.57 Å². The lowest BCUT2D eigenvalue weighted by molar-refractivity contribution is -0.645. The van der Waals surface area contributed by atoms with E-state index in [4.69, 9.17) is 0 Å². The van der Waals surface area contributed by atoms with E-state index in [-0.39, 0.29) is 0 Å². The lowest BCUT2D eigenvalue weighted by Gasteiger charge is -2.01. The van der Waals surface area contributed by atoms with Gasteiger partial charge in [-0.15, -0.1) is 0 Å². The van der Waals surface area contributed by atoms with E-state index in [0.29, 0.717) is 0 Å². The largest absolute Gasteiger partial charge is 0.316 e. The summed E-state index contributed by atoms with van der Waals surface area (Å²) >= 11 is 0. The van der Waals surface area contributed by atoms with Crippen LogP contribution < -0.4 is 4.57 Å². The van der Waals surface area contributed by atoms with Crippen molar-refractivity contribution >= 4 is 16.6 Å². The molecular weight excluding hydrogens is 308 g/mol. The lowest BCUT2D eigenvalue weighted by atomic mass is 10.1. The van der Waals surface area contributed by atoms with Gasteiger partial charge in [-0.25, -0.2) is 4.57 Å². The van der Waals surface area contributed by atoms with E-state index in [1.807, 2.05) is 12.4 Å². The van der Waals surface area contributed by atoms with Crippen LogP contribution >= 0.6 is 0 Å². The molecule has 4 heteroatoms. The third-order valence-electron chi connectivity index (χ3n) is 5.11. The molecule has 0 atom stereocenters. The maximum atomic E-state index is 4.38. The fourth-order valence-corrected chi connectivity index (χ4v) is 4.07. The Morgan fingerprint density at radius 1 is 0.920 bits per heavy atom. The van der Waals surface area contributed by atoms with Gasteiger partial charge in [-0.2, -0.15) is 4.57 Å². The first-order valence-electron chi connectivity index (χ1n) is 8.44. The van der Waals surface area contributed by atoms with Gasteiger partial charge in [0.2, 0.25) is 5.52 Å². The van der Waals surface area contributed by atoms with E-state index in [1.54, 1.807) is 0 Å². The number of nitrogens with zero attached hydrogens (tertiary/aromatic N) is 4. The van der Waals surface area contributed by atoms with E-state index >= 15 is 0 Å². The highest BCUT2D eigenvalue weighted by Crippen LogP contribution is 2.35. The second kappa shape index (κ2) is 4.57. The Morgan fingerprint density at radius 3 is 2.72 bits per heavy atom. The van der Waals surface area contributed by atoms with Crippen LogP contribution in [0.5, 0.6) is 0 Å². The average Bonchev–Trinajstić information content (AvgIpc) is 3.29. The molecule has 0 radical (unpaired) electrons. The Kier molecular flexibility index (Phi) is 2.37. The van der Waals surface area contributed by atoms with Crippen LogP contribution in [-0.2, 0) is 6.54 Å². The van der Waals surface area contributed by atoms with Crippen molar-refractivity contribution in [1.29, 1.82) is 0 Å². The van der Waals surface area contributed by atoms with Gasteiger partial charge < -0.3 is 4.40 Å². The zero-order valence-electron chi connectivity index (χ0n) is 13.5. The fraction of sp³-hybridized carbons (Fsp3) is 0.0476. The zero-order chi connectivity index (χ0) is 16.4. The minimum absolute atomic E-state index is 0.887. The van der Waals surface area contributed by atoms with Crippen molar-refractivity contribution in [3.63, 3.8) is 0 Å². The van der Waals surface area contributed by atoms with Gasteiger partial charge in [-0.05, 0) is 30.3 Å². The van der Waals surface area contributed by atoms with Crippen molar-refractivity contribution in [2.75, 3.05) is 0 Å². The van der Waals surface area contributed by atoms with Crippen molar-refractivity contribution in [1.82, 2.24) is 14.0 Å². The van der Waals surface area contributed by atoms with Gasteiger partial charge in [0.25, 0.3) is 5.82 Å². The molecule has 0 unspecified atom stereocenters. The standard InChI is InChI=1S/C21H15N4/c1-2-6-16(7-3-1)25-19-14-23-11-5-4-8-18(23)20(19)24-13-15-9-10-22-12-17(15)21(24)25/h1-12,14H,13H2/q+1. The first-order valence-corrected chi connectivity index (χ1v) is 8.44. The van der Waals surface area contributed by atoms with Crippen LogP contribution in [0.2, 0.25) is 0 Å². The highest BCUT2D eigenvalue weighted by atomic mass is 15.2. The van der Waals surface area contributed by atoms with Gasteiger partial charge in [0.1, 0.15) is 12.2 Å². The van der Waals surface area contributed by atoms with Crippen molar-refractivity contribution in [3.8, 4) is 17.1 Å². The number of hydrogen-bond acceptors (Lipinski definition) is 1. The van der Waals surface area contributed by atoms with E-state index in [2.05, 4.69) is 85.5 Å². The monoisotopic (exact) mass is 323 g/mol. The van der Waals surface area contributed by atoms with Crippen LogP contribution in [-0.4, -0.2) is 14.0 Å². The van der Waals surface area contributed by atoms with Crippen LogP contribution in [0.1, 0.15) is 5.56 Å². The Bertz CT molecular complexity index is 1260. The van der Waals surface area contributed by atoms with Gasteiger partial charge >= 0.3 is 0 Å². The Labute approximate surface area is 144 Å². The third-order valence-corrected chi connectivity index (χ3v) is 5.11. The molecule has 4 nitrogen and oxygen atoms in total. The van der Waals surface area contributed by atoms with E-state index in [1.165, 1.54) is 39.2 Å². The molecule has 0 amide bonds. The fourth-order valence-electron chi connectivity index (χ4n) is 4.07. The number of imidazole rings is 1.